The predicted molar refractivity (Wildman–Crippen MR) is 56.8 cm³/mol. The lowest BCUT2D eigenvalue weighted by Crippen LogP contribution is -2.47. The average Bonchev–Trinajstić information content (AvgIpc) is 2.22. The lowest BCUT2D eigenvalue weighted by atomic mass is 10.1. The van der Waals surface area contributed by atoms with Crippen LogP contribution in [0.2, 0.25) is 5.15 Å². The number of carbonyl (C=O) groups excluding carboxylic acids is 2. The molecule has 1 aliphatic heterocycles. The van der Waals surface area contributed by atoms with Gasteiger partial charge in [0.15, 0.2) is 0 Å². The monoisotopic (exact) mass is 240 g/mol. The number of imide groups is 1. The number of amides is 2. The molecule has 2 rings (SSSR count). The van der Waals surface area contributed by atoms with Crippen LogP contribution in [0.4, 0.5) is 5.82 Å². The maximum atomic E-state index is 11.4. The Labute approximate surface area is 96.4 Å². The molecule has 1 fully saturated rings. The van der Waals surface area contributed by atoms with Gasteiger partial charge in [-0.1, -0.05) is 11.6 Å². The Kier molecular flexibility index (Phi) is 3.00. The molecule has 1 aliphatic rings. The van der Waals surface area contributed by atoms with Crippen LogP contribution in [0.5, 0.6) is 0 Å². The Morgan fingerprint density at radius 2 is 2.25 bits per heavy atom. The summed E-state index contributed by atoms with van der Waals surface area (Å²) in [4.78, 5) is 30.1. The third kappa shape index (κ3) is 2.46. The van der Waals surface area contributed by atoms with Crippen LogP contribution >= 0.6 is 11.6 Å². The Hall–Kier alpha value is -1.69. The summed E-state index contributed by atoms with van der Waals surface area (Å²) in [5.74, 6) is -0.180. The number of nitrogens with one attached hydrogen (secondary N) is 2. The predicted octanol–water partition coefficient (Wildman–Crippen LogP) is 0.347. The molecule has 1 aromatic heterocycles. The molecule has 0 spiro atoms. The Balaban J connectivity index is 2.05. The molecular weight excluding hydrogens is 232 g/mol. The van der Waals surface area contributed by atoms with E-state index in [1.165, 1.54) is 12.4 Å². The Morgan fingerprint density at radius 1 is 1.44 bits per heavy atom. The van der Waals surface area contributed by atoms with Crippen LogP contribution in [0.1, 0.15) is 12.8 Å². The van der Waals surface area contributed by atoms with Crippen molar-refractivity contribution in [3.8, 4) is 0 Å². The van der Waals surface area contributed by atoms with E-state index in [2.05, 4.69) is 20.6 Å². The Morgan fingerprint density at radius 3 is 2.94 bits per heavy atom. The van der Waals surface area contributed by atoms with Crippen molar-refractivity contribution in [1.29, 1.82) is 0 Å². The van der Waals surface area contributed by atoms with Gasteiger partial charge in [0.1, 0.15) is 17.0 Å². The van der Waals surface area contributed by atoms with Gasteiger partial charge < -0.3 is 5.32 Å². The highest BCUT2D eigenvalue weighted by atomic mass is 35.5. The number of hydrogen-bond acceptors (Lipinski definition) is 5. The number of rotatable bonds is 2. The maximum Gasteiger partial charge on any atom is 0.249 e. The van der Waals surface area contributed by atoms with Crippen LogP contribution in [-0.4, -0.2) is 27.8 Å². The fourth-order valence-electron chi connectivity index (χ4n) is 1.42. The largest absolute Gasteiger partial charge is 0.357 e. The lowest BCUT2D eigenvalue weighted by Gasteiger charge is -2.21. The summed E-state index contributed by atoms with van der Waals surface area (Å²) in [7, 11) is 0. The molecule has 2 N–H and O–H groups in total. The number of nitrogens with zero attached hydrogens (tertiary/aromatic N) is 2. The molecule has 0 aliphatic carbocycles. The normalized spacial score (nSPS) is 20.4. The van der Waals surface area contributed by atoms with Gasteiger partial charge in [-0.3, -0.25) is 19.9 Å². The molecule has 0 bridgehead atoms. The van der Waals surface area contributed by atoms with Crippen molar-refractivity contribution in [2.24, 2.45) is 0 Å². The minimum atomic E-state index is -0.467. The summed E-state index contributed by atoms with van der Waals surface area (Å²) in [6, 6.07) is -0.467. The third-order valence-electron chi connectivity index (χ3n) is 2.17. The highest BCUT2D eigenvalue weighted by molar-refractivity contribution is 6.29. The highest BCUT2D eigenvalue weighted by Crippen LogP contribution is 2.12. The van der Waals surface area contributed by atoms with E-state index < -0.39 is 6.04 Å². The molecule has 7 heteroatoms. The average molecular weight is 241 g/mol. The van der Waals surface area contributed by atoms with E-state index in [9.17, 15) is 9.59 Å². The first kappa shape index (κ1) is 10.8. The van der Waals surface area contributed by atoms with Crippen LogP contribution in [0.25, 0.3) is 0 Å². The molecule has 0 saturated carbocycles. The van der Waals surface area contributed by atoms with Gasteiger partial charge in [-0.25, -0.2) is 4.98 Å². The summed E-state index contributed by atoms with van der Waals surface area (Å²) in [5.41, 5.74) is 0. The second kappa shape index (κ2) is 4.44. The summed E-state index contributed by atoms with van der Waals surface area (Å²) in [6.07, 6.45) is 3.63. The molecule has 0 radical (unpaired) electrons. The van der Waals surface area contributed by atoms with Crippen LogP contribution in [0, 0.1) is 0 Å². The van der Waals surface area contributed by atoms with E-state index >= 15 is 0 Å². The number of aromatic nitrogens is 2. The number of carbonyl (C=O) groups is 2. The minimum Gasteiger partial charge on any atom is -0.357 e. The third-order valence-corrected chi connectivity index (χ3v) is 2.35. The minimum absolute atomic E-state index is 0.247. The van der Waals surface area contributed by atoms with Crippen molar-refractivity contribution in [2.75, 3.05) is 5.32 Å². The van der Waals surface area contributed by atoms with Crippen molar-refractivity contribution >= 4 is 29.2 Å². The molecular formula is C9H9ClN4O2. The zero-order valence-electron chi connectivity index (χ0n) is 8.24. The van der Waals surface area contributed by atoms with Gasteiger partial charge in [0, 0.05) is 6.42 Å². The molecule has 2 amide bonds. The van der Waals surface area contributed by atoms with Crippen molar-refractivity contribution in [3.05, 3.63) is 17.5 Å². The number of anilines is 1. The molecule has 2 heterocycles. The number of piperidine rings is 1. The molecule has 1 unspecified atom stereocenters. The summed E-state index contributed by atoms with van der Waals surface area (Å²) in [6.45, 7) is 0. The van der Waals surface area contributed by atoms with E-state index in [1.807, 2.05) is 0 Å². The van der Waals surface area contributed by atoms with Crippen molar-refractivity contribution in [1.82, 2.24) is 15.3 Å². The maximum absolute atomic E-state index is 11.4. The zero-order chi connectivity index (χ0) is 11.5. The van der Waals surface area contributed by atoms with Gasteiger partial charge in [0.05, 0.1) is 12.4 Å². The van der Waals surface area contributed by atoms with Crippen LogP contribution < -0.4 is 10.6 Å². The first-order valence-electron chi connectivity index (χ1n) is 4.73. The summed E-state index contributed by atoms with van der Waals surface area (Å²) >= 11 is 5.65. The molecule has 6 nitrogen and oxygen atoms in total. The van der Waals surface area contributed by atoms with Gasteiger partial charge >= 0.3 is 0 Å². The van der Waals surface area contributed by atoms with Crippen molar-refractivity contribution < 1.29 is 9.59 Å². The van der Waals surface area contributed by atoms with Gasteiger partial charge in [-0.15, -0.1) is 0 Å². The fraction of sp³-hybridized carbons (Fsp3) is 0.333. The summed E-state index contributed by atoms with van der Waals surface area (Å²) in [5, 5.41) is 5.36. The van der Waals surface area contributed by atoms with E-state index in [-0.39, 0.29) is 17.0 Å². The second-order valence-electron chi connectivity index (χ2n) is 3.38. The molecule has 16 heavy (non-hydrogen) atoms. The molecule has 1 atom stereocenters. The van der Waals surface area contributed by atoms with Crippen LogP contribution in [0.3, 0.4) is 0 Å². The van der Waals surface area contributed by atoms with Crippen LogP contribution in [0.15, 0.2) is 12.4 Å². The summed E-state index contributed by atoms with van der Waals surface area (Å²) < 4.78 is 0. The smallest absolute Gasteiger partial charge is 0.249 e. The van der Waals surface area contributed by atoms with Crippen molar-refractivity contribution in [2.45, 2.75) is 18.9 Å². The van der Waals surface area contributed by atoms with Crippen molar-refractivity contribution in [3.63, 3.8) is 0 Å². The standard InChI is InChI=1S/C9H9ClN4O2/c10-6-3-11-4-7(13-6)12-5-1-2-8(15)14-9(5)16/h3-5H,1-2H2,(H,12,13)(H,14,15,16). The fourth-order valence-corrected chi connectivity index (χ4v) is 1.57. The second-order valence-corrected chi connectivity index (χ2v) is 3.76. The highest BCUT2D eigenvalue weighted by Gasteiger charge is 2.26. The molecule has 1 saturated heterocycles. The SMILES string of the molecule is O=C1CCC(Nc2cncc(Cl)n2)C(=O)N1. The van der Waals surface area contributed by atoms with Crippen LogP contribution in [-0.2, 0) is 9.59 Å². The van der Waals surface area contributed by atoms with E-state index in [0.29, 0.717) is 18.7 Å². The quantitative estimate of drug-likeness (QED) is 0.729. The van der Waals surface area contributed by atoms with E-state index in [0.717, 1.165) is 0 Å². The van der Waals surface area contributed by atoms with E-state index in [1.54, 1.807) is 0 Å². The van der Waals surface area contributed by atoms with Gasteiger partial charge in [-0.05, 0) is 6.42 Å². The van der Waals surface area contributed by atoms with Gasteiger partial charge in [-0.2, -0.15) is 0 Å². The lowest BCUT2D eigenvalue weighted by molar-refractivity contribution is -0.133. The zero-order valence-corrected chi connectivity index (χ0v) is 8.99. The van der Waals surface area contributed by atoms with Gasteiger partial charge in [0.25, 0.3) is 0 Å². The molecule has 0 aromatic carbocycles. The first-order chi connectivity index (χ1) is 7.65. The number of halogens is 1. The molecule has 1 aromatic rings. The number of hydrogen-bond donors (Lipinski definition) is 2. The topological polar surface area (TPSA) is 84.0 Å². The van der Waals surface area contributed by atoms with E-state index in [4.69, 9.17) is 11.6 Å². The first-order valence-corrected chi connectivity index (χ1v) is 5.11. The van der Waals surface area contributed by atoms with Gasteiger partial charge in [0.2, 0.25) is 11.8 Å². The Bertz CT molecular complexity index is 437. The molecule has 84 valence electrons.